The molecular formula is C16H26O3. The van der Waals surface area contributed by atoms with Crippen molar-refractivity contribution in [3.8, 4) is 0 Å². The Labute approximate surface area is 116 Å². The Morgan fingerprint density at radius 3 is 1.32 bits per heavy atom. The minimum atomic E-state index is -0.432. The first kappa shape index (κ1) is 14.5. The minimum Gasteiger partial charge on any atom is -0.392 e. The van der Waals surface area contributed by atoms with E-state index >= 15 is 0 Å². The third-order valence-corrected chi connectivity index (χ3v) is 5.09. The number of hydrogen-bond acceptors (Lipinski definition) is 3. The van der Waals surface area contributed by atoms with Crippen LogP contribution in [0.5, 0.6) is 0 Å². The average molecular weight is 266 g/mol. The lowest BCUT2D eigenvalue weighted by molar-refractivity contribution is -0.175. The highest BCUT2D eigenvalue weighted by atomic mass is 16.6. The minimum absolute atomic E-state index is 0.288. The van der Waals surface area contributed by atoms with Gasteiger partial charge >= 0.3 is 11.9 Å². The van der Waals surface area contributed by atoms with Gasteiger partial charge in [-0.05, 0) is 39.5 Å². The van der Waals surface area contributed by atoms with Gasteiger partial charge in [-0.15, -0.1) is 0 Å². The van der Waals surface area contributed by atoms with Crippen LogP contribution in [0.15, 0.2) is 0 Å². The van der Waals surface area contributed by atoms with Crippen molar-refractivity contribution in [2.24, 2.45) is 10.8 Å². The van der Waals surface area contributed by atoms with E-state index in [0.29, 0.717) is 0 Å². The highest BCUT2D eigenvalue weighted by Gasteiger charge is 2.42. The Hall–Kier alpha value is -0.860. The Kier molecular flexibility index (Phi) is 4.32. The molecule has 0 aromatic carbocycles. The molecule has 0 heterocycles. The van der Waals surface area contributed by atoms with Crippen LogP contribution in [0.1, 0.15) is 78.1 Å². The zero-order chi connectivity index (χ0) is 13.9. The van der Waals surface area contributed by atoms with Crippen LogP contribution in [0, 0.1) is 10.8 Å². The van der Waals surface area contributed by atoms with E-state index in [-0.39, 0.29) is 11.9 Å². The van der Waals surface area contributed by atoms with Crippen LogP contribution < -0.4 is 0 Å². The molecule has 108 valence electrons. The summed E-state index contributed by atoms with van der Waals surface area (Å²) in [5.41, 5.74) is -0.863. The lowest BCUT2D eigenvalue weighted by atomic mass is 9.74. The van der Waals surface area contributed by atoms with E-state index in [4.69, 9.17) is 4.74 Å². The van der Waals surface area contributed by atoms with Crippen LogP contribution in [0.3, 0.4) is 0 Å². The molecule has 0 amide bonds. The summed E-state index contributed by atoms with van der Waals surface area (Å²) < 4.78 is 5.26. The molecule has 0 radical (unpaired) electrons. The van der Waals surface area contributed by atoms with Crippen molar-refractivity contribution in [3.05, 3.63) is 0 Å². The number of hydrogen-bond donors (Lipinski definition) is 0. The van der Waals surface area contributed by atoms with Gasteiger partial charge in [-0.2, -0.15) is 0 Å². The summed E-state index contributed by atoms with van der Waals surface area (Å²) in [6, 6.07) is 0. The summed E-state index contributed by atoms with van der Waals surface area (Å²) in [7, 11) is 0. The molecule has 2 rings (SSSR count). The molecule has 0 bridgehead atoms. The third kappa shape index (κ3) is 3.18. The van der Waals surface area contributed by atoms with Gasteiger partial charge in [0.1, 0.15) is 0 Å². The SMILES string of the molecule is CC1(C(=O)OC(=O)C2(C)CCCCC2)CCCCC1. The lowest BCUT2D eigenvalue weighted by Crippen LogP contribution is -2.39. The van der Waals surface area contributed by atoms with Crippen molar-refractivity contribution < 1.29 is 14.3 Å². The maximum atomic E-state index is 12.3. The number of esters is 2. The van der Waals surface area contributed by atoms with E-state index in [2.05, 4.69) is 0 Å². The molecule has 2 saturated carbocycles. The quantitative estimate of drug-likeness (QED) is 0.560. The van der Waals surface area contributed by atoms with E-state index in [9.17, 15) is 9.59 Å². The summed E-state index contributed by atoms with van der Waals surface area (Å²) in [5, 5.41) is 0. The van der Waals surface area contributed by atoms with Gasteiger partial charge in [0.2, 0.25) is 0 Å². The number of rotatable bonds is 2. The molecule has 2 aliphatic carbocycles. The van der Waals surface area contributed by atoms with Crippen molar-refractivity contribution in [1.29, 1.82) is 0 Å². The molecule has 0 aliphatic heterocycles. The summed E-state index contributed by atoms with van der Waals surface area (Å²) in [5.74, 6) is -0.576. The molecule has 0 atom stereocenters. The van der Waals surface area contributed by atoms with Gasteiger partial charge in [0, 0.05) is 0 Å². The predicted molar refractivity (Wildman–Crippen MR) is 73.5 cm³/mol. The summed E-state index contributed by atoms with van der Waals surface area (Å²) in [6.07, 6.45) is 10.1. The second kappa shape index (κ2) is 5.64. The first-order valence-corrected chi connectivity index (χ1v) is 7.73. The van der Waals surface area contributed by atoms with Crippen molar-refractivity contribution in [3.63, 3.8) is 0 Å². The van der Waals surface area contributed by atoms with Crippen LogP contribution in [0.2, 0.25) is 0 Å². The molecule has 2 aliphatic rings. The van der Waals surface area contributed by atoms with Crippen LogP contribution >= 0.6 is 0 Å². The molecule has 0 aromatic rings. The van der Waals surface area contributed by atoms with Crippen LogP contribution in [0.25, 0.3) is 0 Å². The normalized spacial score (nSPS) is 25.6. The standard InChI is InChI=1S/C16H26O3/c1-15(9-5-3-6-10-15)13(17)19-14(18)16(2)11-7-4-8-12-16/h3-12H2,1-2H3. The zero-order valence-corrected chi connectivity index (χ0v) is 12.3. The molecule has 0 aromatic heterocycles. The third-order valence-electron chi connectivity index (χ3n) is 5.09. The largest absolute Gasteiger partial charge is 0.392 e. The van der Waals surface area contributed by atoms with Crippen molar-refractivity contribution >= 4 is 11.9 Å². The van der Waals surface area contributed by atoms with Crippen LogP contribution in [0.4, 0.5) is 0 Å². The van der Waals surface area contributed by atoms with E-state index in [0.717, 1.165) is 51.4 Å². The number of carbonyl (C=O) groups excluding carboxylic acids is 2. The smallest absolute Gasteiger partial charge is 0.319 e. The van der Waals surface area contributed by atoms with Crippen molar-refractivity contribution in [1.82, 2.24) is 0 Å². The van der Waals surface area contributed by atoms with Gasteiger partial charge < -0.3 is 4.74 Å². The molecule has 0 unspecified atom stereocenters. The van der Waals surface area contributed by atoms with E-state index in [1.54, 1.807) is 0 Å². The molecule has 0 spiro atoms. The summed E-state index contributed by atoms with van der Waals surface area (Å²) >= 11 is 0. The summed E-state index contributed by atoms with van der Waals surface area (Å²) in [6.45, 7) is 3.90. The fraction of sp³-hybridized carbons (Fsp3) is 0.875. The molecule has 19 heavy (non-hydrogen) atoms. The molecule has 0 saturated heterocycles. The van der Waals surface area contributed by atoms with Crippen LogP contribution in [-0.2, 0) is 14.3 Å². The van der Waals surface area contributed by atoms with Gasteiger partial charge in [0.25, 0.3) is 0 Å². The molecule has 3 heteroatoms. The molecule has 0 N–H and O–H groups in total. The maximum absolute atomic E-state index is 12.3. The second-order valence-corrected chi connectivity index (χ2v) is 6.92. The van der Waals surface area contributed by atoms with Gasteiger partial charge in [-0.25, -0.2) is 0 Å². The zero-order valence-electron chi connectivity index (χ0n) is 12.3. The molecule has 2 fully saturated rings. The lowest BCUT2D eigenvalue weighted by Gasteiger charge is -2.34. The highest BCUT2D eigenvalue weighted by molar-refractivity contribution is 5.91. The average Bonchev–Trinajstić information content (AvgIpc) is 2.40. The van der Waals surface area contributed by atoms with E-state index in [1.165, 1.54) is 12.8 Å². The second-order valence-electron chi connectivity index (χ2n) is 6.92. The Morgan fingerprint density at radius 1 is 0.684 bits per heavy atom. The fourth-order valence-electron chi connectivity index (χ4n) is 3.40. The summed E-state index contributed by atoms with van der Waals surface area (Å²) in [4.78, 5) is 24.5. The molecular weight excluding hydrogens is 240 g/mol. The Balaban J connectivity index is 1.96. The first-order valence-electron chi connectivity index (χ1n) is 7.73. The van der Waals surface area contributed by atoms with Gasteiger partial charge in [-0.3, -0.25) is 9.59 Å². The first-order chi connectivity index (χ1) is 8.96. The van der Waals surface area contributed by atoms with Gasteiger partial charge in [0.15, 0.2) is 0 Å². The predicted octanol–water partition coefficient (Wildman–Crippen LogP) is 4.00. The van der Waals surface area contributed by atoms with E-state index < -0.39 is 10.8 Å². The fourth-order valence-corrected chi connectivity index (χ4v) is 3.40. The maximum Gasteiger partial charge on any atom is 0.319 e. The Bertz CT molecular complexity index is 313. The van der Waals surface area contributed by atoms with Gasteiger partial charge in [-0.1, -0.05) is 38.5 Å². The highest BCUT2D eigenvalue weighted by Crippen LogP contribution is 2.40. The monoisotopic (exact) mass is 266 g/mol. The number of carbonyl (C=O) groups is 2. The van der Waals surface area contributed by atoms with Crippen molar-refractivity contribution in [2.75, 3.05) is 0 Å². The number of ether oxygens (including phenoxy) is 1. The Morgan fingerprint density at radius 2 is 1.00 bits per heavy atom. The van der Waals surface area contributed by atoms with E-state index in [1.807, 2.05) is 13.8 Å². The van der Waals surface area contributed by atoms with Gasteiger partial charge in [0.05, 0.1) is 10.8 Å². The topological polar surface area (TPSA) is 43.4 Å². The molecule has 3 nitrogen and oxygen atoms in total. The van der Waals surface area contributed by atoms with Crippen LogP contribution in [-0.4, -0.2) is 11.9 Å². The van der Waals surface area contributed by atoms with Crippen molar-refractivity contribution in [2.45, 2.75) is 78.1 Å².